The fourth-order valence-electron chi connectivity index (χ4n) is 2.20. The van der Waals surface area contributed by atoms with E-state index in [1.165, 1.54) is 28.5 Å². The Labute approximate surface area is 119 Å². The lowest BCUT2D eigenvalue weighted by atomic mass is 10.2. The monoisotopic (exact) mass is 292 g/mol. The quantitative estimate of drug-likeness (QED) is 0.912. The molecule has 3 rings (SSSR count). The van der Waals surface area contributed by atoms with Crippen LogP contribution in [0.4, 0.5) is 15.3 Å². The fraction of sp³-hybridized carbons (Fsp3) is 0.308. The molecule has 1 amide bonds. The van der Waals surface area contributed by atoms with Crippen LogP contribution in [0, 0.1) is 5.82 Å². The number of hydrogen-bond acceptors (Lipinski definition) is 5. The molecule has 2 N–H and O–H groups in total. The van der Waals surface area contributed by atoms with Gasteiger partial charge in [-0.05, 0) is 25.3 Å². The number of thiazole rings is 1. The Kier molecular flexibility index (Phi) is 3.35. The number of pyridine rings is 1. The number of anilines is 2. The fourth-order valence-corrected chi connectivity index (χ4v) is 3.25. The molecule has 104 valence electrons. The highest BCUT2D eigenvalue weighted by Gasteiger charge is 2.20. The number of fused-ring (bicyclic) bond motifs is 1. The van der Waals surface area contributed by atoms with Crippen molar-refractivity contribution in [2.45, 2.75) is 19.3 Å². The summed E-state index contributed by atoms with van der Waals surface area (Å²) >= 11 is 1.46. The van der Waals surface area contributed by atoms with E-state index >= 15 is 0 Å². The molecule has 2 heterocycles. The minimum Gasteiger partial charge on any atom is -0.371 e. The average Bonchev–Trinajstić information content (AvgIpc) is 2.99. The second-order valence-corrected chi connectivity index (χ2v) is 5.55. The van der Waals surface area contributed by atoms with Gasteiger partial charge in [0.05, 0.1) is 11.3 Å². The van der Waals surface area contributed by atoms with E-state index < -0.39 is 11.7 Å². The zero-order valence-corrected chi connectivity index (χ0v) is 11.7. The van der Waals surface area contributed by atoms with Crippen LogP contribution >= 0.6 is 11.3 Å². The van der Waals surface area contributed by atoms with E-state index in [-0.39, 0.29) is 11.4 Å². The van der Waals surface area contributed by atoms with Gasteiger partial charge in [-0.2, -0.15) is 0 Å². The third-order valence-corrected chi connectivity index (χ3v) is 4.26. The van der Waals surface area contributed by atoms with Gasteiger partial charge in [-0.25, -0.2) is 14.4 Å². The van der Waals surface area contributed by atoms with Crippen LogP contribution in [0.25, 0.3) is 0 Å². The number of rotatable bonds is 3. The molecule has 20 heavy (non-hydrogen) atoms. The van der Waals surface area contributed by atoms with Crippen molar-refractivity contribution in [1.82, 2.24) is 9.97 Å². The molecule has 0 saturated heterocycles. The van der Waals surface area contributed by atoms with Crippen LogP contribution in [-0.2, 0) is 12.8 Å². The van der Waals surface area contributed by atoms with Gasteiger partial charge in [0.2, 0.25) is 0 Å². The molecule has 0 aliphatic heterocycles. The predicted octanol–water partition coefficient (Wildman–Crippen LogP) is 2.46. The summed E-state index contributed by atoms with van der Waals surface area (Å²) < 4.78 is 14.0. The van der Waals surface area contributed by atoms with Gasteiger partial charge in [-0.3, -0.25) is 10.1 Å². The molecule has 1 aliphatic carbocycles. The highest BCUT2D eigenvalue weighted by molar-refractivity contribution is 7.15. The van der Waals surface area contributed by atoms with E-state index in [0.29, 0.717) is 5.13 Å². The van der Waals surface area contributed by atoms with Crippen LogP contribution in [-0.4, -0.2) is 22.9 Å². The molecule has 2 aromatic rings. The number of aromatic nitrogens is 2. The Bertz CT molecular complexity index is 649. The van der Waals surface area contributed by atoms with E-state index in [0.717, 1.165) is 25.0 Å². The first-order valence-corrected chi connectivity index (χ1v) is 7.13. The Morgan fingerprint density at radius 1 is 1.45 bits per heavy atom. The lowest BCUT2D eigenvalue weighted by Gasteiger charge is -2.06. The van der Waals surface area contributed by atoms with Gasteiger partial charge >= 0.3 is 0 Å². The summed E-state index contributed by atoms with van der Waals surface area (Å²) in [6.45, 7) is 0. The van der Waals surface area contributed by atoms with Crippen LogP contribution in [0.3, 0.4) is 0 Å². The summed E-state index contributed by atoms with van der Waals surface area (Å²) in [5, 5.41) is 5.79. The molecule has 0 bridgehead atoms. The van der Waals surface area contributed by atoms with E-state index in [4.69, 9.17) is 0 Å². The Morgan fingerprint density at radius 2 is 2.30 bits per heavy atom. The number of nitrogens with one attached hydrogen (secondary N) is 2. The summed E-state index contributed by atoms with van der Waals surface area (Å²) in [6.07, 6.45) is 4.48. The zero-order chi connectivity index (χ0) is 14.1. The standard InChI is InChI=1S/C13H13FN4OS/c1-15-11-10(14)7(5-6-16-11)12(19)18-13-17-8-3-2-4-9(8)20-13/h5-6H,2-4H2,1H3,(H,15,16)(H,17,18,19). The van der Waals surface area contributed by atoms with Crippen LogP contribution in [0.2, 0.25) is 0 Å². The van der Waals surface area contributed by atoms with Crippen LogP contribution in [0.1, 0.15) is 27.3 Å². The minimum atomic E-state index is -0.656. The van der Waals surface area contributed by atoms with E-state index in [9.17, 15) is 9.18 Å². The molecule has 5 nitrogen and oxygen atoms in total. The second kappa shape index (κ2) is 5.16. The number of carbonyl (C=O) groups is 1. The maximum atomic E-state index is 14.0. The highest BCUT2D eigenvalue weighted by Crippen LogP contribution is 2.30. The molecule has 1 aliphatic rings. The SMILES string of the molecule is CNc1nccc(C(=O)Nc2nc3c(s2)CCC3)c1F. The zero-order valence-electron chi connectivity index (χ0n) is 10.9. The minimum absolute atomic E-state index is 0.0419. The van der Waals surface area contributed by atoms with Crippen molar-refractivity contribution in [2.24, 2.45) is 0 Å². The molecular formula is C13H13FN4OS. The molecule has 0 radical (unpaired) electrons. The topological polar surface area (TPSA) is 66.9 Å². The molecule has 2 aromatic heterocycles. The first kappa shape index (κ1) is 13.0. The van der Waals surface area contributed by atoms with Gasteiger partial charge in [-0.1, -0.05) is 0 Å². The van der Waals surface area contributed by atoms with Gasteiger partial charge in [0.1, 0.15) is 0 Å². The molecule has 0 spiro atoms. The van der Waals surface area contributed by atoms with Gasteiger partial charge < -0.3 is 5.32 Å². The van der Waals surface area contributed by atoms with Gasteiger partial charge in [0, 0.05) is 18.1 Å². The maximum Gasteiger partial charge on any atom is 0.260 e. The average molecular weight is 292 g/mol. The van der Waals surface area contributed by atoms with Gasteiger partial charge in [0.25, 0.3) is 5.91 Å². The van der Waals surface area contributed by atoms with Crippen molar-refractivity contribution in [3.63, 3.8) is 0 Å². The van der Waals surface area contributed by atoms with Crippen molar-refractivity contribution in [3.05, 3.63) is 34.2 Å². The molecular weight excluding hydrogens is 279 g/mol. The van der Waals surface area contributed by atoms with E-state index in [1.807, 2.05) is 0 Å². The predicted molar refractivity (Wildman–Crippen MR) is 75.8 cm³/mol. The number of carbonyl (C=O) groups excluding carboxylic acids is 1. The van der Waals surface area contributed by atoms with E-state index in [2.05, 4.69) is 20.6 Å². The third-order valence-electron chi connectivity index (χ3n) is 3.19. The second-order valence-electron chi connectivity index (χ2n) is 4.47. The number of hydrogen-bond donors (Lipinski definition) is 2. The summed E-state index contributed by atoms with van der Waals surface area (Å²) in [5.41, 5.74) is 1.01. The summed E-state index contributed by atoms with van der Waals surface area (Å²) in [7, 11) is 1.55. The van der Waals surface area contributed by atoms with E-state index in [1.54, 1.807) is 7.05 Å². The van der Waals surface area contributed by atoms with Crippen molar-refractivity contribution in [2.75, 3.05) is 17.7 Å². The summed E-state index contributed by atoms with van der Waals surface area (Å²) in [6, 6.07) is 1.35. The van der Waals surface area contributed by atoms with Crippen molar-refractivity contribution < 1.29 is 9.18 Å². The third kappa shape index (κ3) is 2.24. The molecule has 0 atom stereocenters. The number of amides is 1. The normalized spacial score (nSPS) is 13.1. The van der Waals surface area contributed by atoms with Gasteiger partial charge in [-0.15, -0.1) is 11.3 Å². The van der Waals surface area contributed by atoms with Crippen molar-refractivity contribution in [3.8, 4) is 0 Å². The number of halogens is 1. The van der Waals surface area contributed by atoms with Crippen molar-refractivity contribution >= 4 is 28.2 Å². The molecule has 0 unspecified atom stereocenters. The Morgan fingerprint density at radius 3 is 3.05 bits per heavy atom. The number of aryl methyl sites for hydroxylation is 2. The largest absolute Gasteiger partial charge is 0.371 e. The van der Waals surface area contributed by atoms with Crippen LogP contribution in [0.5, 0.6) is 0 Å². The van der Waals surface area contributed by atoms with Crippen LogP contribution < -0.4 is 10.6 Å². The lowest BCUT2D eigenvalue weighted by molar-refractivity contribution is 0.102. The number of nitrogens with zero attached hydrogens (tertiary/aromatic N) is 2. The molecule has 0 fully saturated rings. The van der Waals surface area contributed by atoms with Crippen LogP contribution in [0.15, 0.2) is 12.3 Å². The first-order valence-electron chi connectivity index (χ1n) is 6.31. The highest BCUT2D eigenvalue weighted by atomic mass is 32.1. The van der Waals surface area contributed by atoms with Crippen molar-refractivity contribution in [1.29, 1.82) is 0 Å². The van der Waals surface area contributed by atoms with Gasteiger partial charge in [0.15, 0.2) is 16.8 Å². The maximum absolute atomic E-state index is 14.0. The molecule has 0 saturated carbocycles. The smallest absolute Gasteiger partial charge is 0.260 e. The Hall–Kier alpha value is -2.02. The molecule has 7 heteroatoms. The Balaban J connectivity index is 1.82. The summed E-state index contributed by atoms with van der Waals surface area (Å²) in [4.78, 5) is 21.5. The summed E-state index contributed by atoms with van der Waals surface area (Å²) in [5.74, 6) is -1.11. The molecule has 0 aromatic carbocycles. The lowest BCUT2D eigenvalue weighted by Crippen LogP contribution is -2.15. The first-order chi connectivity index (χ1) is 9.69.